The molecule has 0 spiro atoms. The molecule has 1 N–H and O–H groups in total. The topological polar surface area (TPSA) is 52.6 Å². The zero-order chi connectivity index (χ0) is 17.1. The molecular formula is C18H22N3O2S+. The van der Waals surface area contributed by atoms with Crippen LogP contribution in [0.3, 0.4) is 0 Å². The number of ether oxygens (including phenoxy) is 1. The van der Waals surface area contributed by atoms with Gasteiger partial charge in [-0.2, -0.15) is 0 Å². The lowest BCUT2D eigenvalue weighted by atomic mass is 10.1. The lowest BCUT2D eigenvalue weighted by molar-refractivity contribution is -0.925. The zero-order valence-corrected chi connectivity index (χ0v) is 15.2. The van der Waals surface area contributed by atoms with Gasteiger partial charge in [-0.25, -0.2) is 0 Å². The van der Waals surface area contributed by atoms with E-state index in [1.165, 1.54) is 16.0 Å². The normalized spacial score (nSPS) is 13.7. The standard InChI is InChI=1S/C18H21N3O2S/c1-12-7-8-15(22-4)14(10-12)11-21(3)13(2)17-19-20-18(23-17)16-6-5-9-24-16/h5-10,13H,11H2,1-4H3/p+1/t13-/m0/s1. The molecule has 2 heterocycles. The molecule has 5 nitrogen and oxygen atoms in total. The minimum atomic E-state index is 0.0939. The highest BCUT2D eigenvalue weighted by Crippen LogP contribution is 2.24. The number of nitrogens with zero attached hydrogens (tertiary/aromatic N) is 2. The van der Waals surface area contributed by atoms with Gasteiger partial charge in [-0.05, 0) is 37.4 Å². The van der Waals surface area contributed by atoms with E-state index in [1.807, 2.05) is 23.6 Å². The smallest absolute Gasteiger partial charge is 0.274 e. The Morgan fingerprint density at radius 3 is 2.83 bits per heavy atom. The highest BCUT2D eigenvalue weighted by molar-refractivity contribution is 7.13. The molecule has 0 aliphatic heterocycles. The average molecular weight is 344 g/mol. The summed E-state index contributed by atoms with van der Waals surface area (Å²) < 4.78 is 11.3. The number of quaternary nitrogens is 1. The molecule has 1 unspecified atom stereocenters. The van der Waals surface area contributed by atoms with E-state index in [9.17, 15) is 0 Å². The van der Waals surface area contributed by atoms with Crippen molar-refractivity contribution >= 4 is 11.3 Å². The van der Waals surface area contributed by atoms with E-state index in [2.05, 4.69) is 43.2 Å². The second kappa shape index (κ2) is 7.15. The summed E-state index contributed by atoms with van der Waals surface area (Å²) in [6, 6.07) is 10.3. The Kier molecular flexibility index (Phi) is 4.97. The van der Waals surface area contributed by atoms with Crippen LogP contribution in [0.15, 0.2) is 40.1 Å². The Morgan fingerprint density at radius 2 is 2.12 bits per heavy atom. The SMILES string of the molecule is COc1ccc(C)cc1C[NH+](C)[C@@H](C)c1nnc(-c2cccs2)o1. The van der Waals surface area contributed by atoms with Crippen molar-refractivity contribution in [1.29, 1.82) is 0 Å². The van der Waals surface area contributed by atoms with Crippen molar-refractivity contribution in [3.8, 4) is 16.5 Å². The van der Waals surface area contributed by atoms with Gasteiger partial charge in [-0.1, -0.05) is 17.7 Å². The molecule has 2 aromatic heterocycles. The summed E-state index contributed by atoms with van der Waals surface area (Å²) in [5, 5.41) is 10.4. The lowest BCUT2D eigenvalue weighted by Crippen LogP contribution is -3.07. The predicted molar refractivity (Wildman–Crippen MR) is 94.3 cm³/mol. The summed E-state index contributed by atoms with van der Waals surface area (Å²) in [7, 11) is 3.83. The van der Waals surface area contributed by atoms with Crippen LogP contribution < -0.4 is 9.64 Å². The van der Waals surface area contributed by atoms with Gasteiger partial charge in [0.1, 0.15) is 12.3 Å². The van der Waals surface area contributed by atoms with Gasteiger partial charge in [-0.3, -0.25) is 0 Å². The fourth-order valence-corrected chi connectivity index (χ4v) is 3.26. The van der Waals surface area contributed by atoms with Gasteiger partial charge in [-0.15, -0.1) is 21.5 Å². The van der Waals surface area contributed by atoms with Gasteiger partial charge in [0.05, 0.1) is 19.0 Å². The molecule has 0 saturated heterocycles. The number of aryl methyl sites for hydroxylation is 1. The molecule has 0 fully saturated rings. The van der Waals surface area contributed by atoms with Crippen molar-refractivity contribution in [2.24, 2.45) is 0 Å². The van der Waals surface area contributed by atoms with Gasteiger partial charge in [0, 0.05) is 5.56 Å². The molecule has 24 heavy (non-hydrogen) atoms. The molecule has 0 saturated carbocycles. The number of rotatable bonds is 6. The van der Waals surface area contributed by atoms with Gasteiger partial charge in [0.15, 0.2) is 6.04 Å². The van der Waals surface area contributed by atoms with Crippen LogP contribution in [0.25, 0.3) is 10.8 Å². The van der Waals surface area contributed by atoms with Crippen LogP contribution in [0.5, 0.6) is 5.75 Å². The van der Waals surface area contributed by atoms with E-state index in [0.717, 1.165) is 17.2 Å². The van der Waals surface area contributed by atoms with Crippen LogP contribution in [0, 0.1) is 6.92 Å². The maximum Gasteiger partial charge on any atom is 0.274 e. The van der Waals surface area contributed by atoms with Crippen molar-refractivity contribution in [2.45, 2.75) is 26.4 Å². The van der Waals surface area contributed by atoms with E-state index in [0.29, 0.717) is 11.8 Å². The maximum absolute atomic E-state index is 5.87. The molecule has 126 valence electrons. The Hall–Kier alpha value is -2.18. The van der Waals surface area contributed by atoms with Gasteiger partial charge in [0.2, 0.25) is 0 Å². The van der Waals surface area contributed by atoms with Crippen LogP contribution in [0.4, 0.5) is 0 Å². The summed E-state index contributed by atoms with van der Waals surface area (Å²) in [6.07, 6.45) is 0. The molecule has 0 amide bonds. The van der Waals surface area contributed by atoms with Gasteiger partial charge in [0.25, 0.3) is 11.8 Å². The van der Waals surface area contributed by atoms with Crippen LogP contribution in [-0.4, -0.2) is 24.4 Å². The fraction of sp³-hybridized carbons (Fsp3) is 0.333. The Morgan fingerprint density at radius 1 is 1.29 bits per heavy atom. The van der Waals surface area contributed by atoms with E-state index in [4.69, 9.17) is 9.15 Å². The van der Waals surface area contributed by atoms with Crippen LogP contribution >= 0.6 is 11.3 Å². The molecule has 6 heteroatoms. The van der Waals surface area contributed by atoms with Crippen molar-refractivity contribution in [1.82, 2.24) is 10.2 Å². The third-order valence-electron chi connectivity index (χ3n) is 4.19. The summed E-state index contributed by atoms with van der Waals surface area (Å²) >= 11 is 1.60. The fourth-order valence-electron chi connectivity index (χ4n) is 2.62. The zero-order valence-electron chi connectivity index (χ0n) is 14.4. The number of benzene rings is 1. The molecule has 1 aromatic carbocycles. The number of hydrogen-bond donors (Lipinski definition) is 1. The number of aromatic nitrogens is 2. The first-order valence-corrected chi connectivity index (χ1v) is 8.79. The number of thiophene rings is 1. The van der Waals surface area contributed by atoms with Crippen LogP contribution in [-0.2, 0) is 6.54 Å². The summed E-state index contributed by atoms with van der Waals surface area (Å²) in [5.41, 5.74) is 2.41. The van der Waals surface area contributed by atoms with Crippen molar-refractivity contribution in [3.05, 3.63) is 52.7 Å². The third kappa shape index (κ3) is 3.49. The summed E-state index contributed by atoms with van der Waals surface area (Å²) in [5.74, 6) is 2.16. The number of hydrogen-bond acceptors (Lipinski definition) is 5. The molecule has 2 atom stereocenters. The van der Waals surface area contributed by atoms with Gasteiger partial charge >= 0.3 is 0 Å². The first-order valence-electron chi connectivity index (χ1n) is 7.91. The molecular weight excluding hydrogens is 322 g/mol. The third-order valence-corrected chi connectivity index (χ3v) is 5.05. The Labute approximate surface area is 145 Å². The highest BCUT2D eigenvalue weighted by atomic mass is 32.1. The monoisotopic (exact) mass is 344 g/mol. The van der Waals surface area contributed by atoms with Crippen molar-refractivity contribution < 1.29 is 14.1 Å². The van der Waals surface area contributed by atoms with E-state index in [-0.39, 0.29) is 6.04 Å². The quantitative estimate of drug-likeness (QED) is 0.747. The first-order chi connectivity index (χ1) is 11.6. The second-order valence-electron chi connectivity index (χ2n) is 5.98. The minimum Gasteiger partial charge on any atom is -0.496 e. The molecule has 0 radical (unpaired) electrons. The summed E-state index contributed by atoms with van der Waals surface area (Å²) in [6.45, 7) is 5.01. The highest BCUT2D eigenvalue weighted by Gasteiger charge is 2.23. The largest absolute Gasteiger partial charge is 0.496 e. The molecule has 3 aromatic rings. The van der Waals surface area contributed by atoms with Crippen LogP contribution in [0.1, 0.15) is 30.0 Å². The predicted octanol–water partition coefficient (Wildman–Crippen LogP) is 2.89. The number of methoxy groups -OCH3 is 1. The first kappa shape index (κ1) is 16.7. The molecule has 0 aliphatic carbocycles. The van der Waals surface area contributed by atoms with Gasteiger partial charge < -0.3 is 14.1 Å². The molecule has 0 aliphatic rings. The maximum atomic E-state index is 5.87. The van der Waals surface area contributed by atoms with Crippen molar-refractivity contribution in [3.63, 3.8) is 0 Å². The molecule has 0 bridgehead atoms. The van der Waals surface area contributed by atoms with E-state index in [1.54, 1.807) is 18.4 Å². The summed E-state index contributed by atoms with van der Waals surface area (Å²) in [4.78, 5) is 2.26. The Bertz CT molecular complexity index is 798. The van der Waals surface area contributed by atoms with Crippen LogP contribution in [0.2, 0.25) is 0 Å². The Balaban J connectivity index is 1.75. The average Bonchev–Trinajstić information content (AvgIpc) is 3.25. The molecule has 3 rings (SSSR count). The van der Waals surface area contributed by atoms with E-state index < -0.39 is 0 Å². The lowest BCUT2D eigenvalue weighted by Gasteiger charge is -2.20. The number of nitrogens with one attached hydrogen (secondary N) is 1. The minimum absolute atomic E-state index is 0.0939. The second-order valence-corrected chi connectivity index (χ2v) is 6.93. The van der Waals surface area contributed by atoms with E-state index >= 15 is 0 Å². The van der Waals surface area contributed by atoms with Crippen molar-refractivity contribution in [2.75, 3.05) is 14.2 Å².